The minimum Gasteiger partial charge on any atom is -0.487 e. The highest BCUT2D eigenvalue weighted by Gasteiger charge is 2.36. The normalized spacial score (nSPS) is 21.9. The van der Waals surface area contributed by atoms with E-state index in [1.807, 2.05) is 60.4 Å². The summed E-state index contributed by atoms with van der Waals surface area (Å²) >= 11 is 0. The van der Waals surface area contributed by atoms with E-state index in [4.69, 9.17) is 4.74 Å². The van der Waals surface area contributed by atoms with E-state index in [1.54, 1.807) is 0 Å². The standard InChI is InChI=1S/C30H40N2O3/c1-3-20-31-21-12-4-5-13-22-32(30(34)24-15-7-6-14-23(24)2)26-17-9-11-19-28(26)35-27-18-10-8-16-25(27)29(31)33/h6-8,10,14-16,18,26,28H,3-5,9,11-13,17,19-22H2,1-2H3/t26-,28+/m1/s1. The molecule has 0 spiro atoms. The van der Waals surface area contributed by atoms with Crippen molar-refractivity contribution in [3.63, 3.8) is 0 Å². The number of amides is 2. The Morgan fingerprint density at radius 1 is 0.914 bits per heavy atom. The lowest BCUT2D eigenvalue weighted by atomic mass is 9.90. The van der Waals surface area contributed by atoms with Crippen LogP contribution in [0.25, 0.3) is 0 Å². The fourth-order valence-electron chi connectivity index (χ4n) is 5.56. The van der Waals surface area contributed by atoms with Crippen molar-refractivity contribution in [2.24, 2.45) is 0 Å². The molecule has 35 heavy (non-hydrogen) atoms. The van der Waals surface area contributed by atoms with Gasteiger partial charge < -0.3 is 14.5 Å². The van der Waals surface area contributed by atoms with Crippen molar-refractivity contribution >= 4 is 11.8 Å². The quantitative estimate of drug-likeness (QED) is 0.526. The van der Waals surface area contributed by atoms with E-state index >= 15 is 0 Å². The fraction of sp³-hybridized carbons (Fsp3) is 0.533. The smallest absolute Gasteiger partial charge is 0.257 e. The molecule has 2 atom stereocenters. The minimum atomic E-state index is -0.117. The van der Waals surface area contributed by atoms with Gasteiger partial charge in [0.15, 0.2) is 0 Å². The number of carbonyl (C=O) groups excluding carboxylic acids is 2. The number of carbonyl (C=O) groups is 2. The maximum absolute atomic E-state index is 13.8. The van der Waals surface area contributed by atoms with E-state index < -0.39 is 0 Å². The number of fused-ring (bicyclic) bond motifs is 2. The van der Waals surface area contributed by atoms with Crippen molar-refractivity contribution in [3.8, 4) is 5.75 Å². The van der Waals surface area contributed by atoms with Gasteiger partial charge in [0.1, 0.15) is 11.9 Å². The summed E-state index contributed by atoms with van der Waals surface area (Å²) in [6.07, 6.45) is 8.88. The second-order valence-electron chi connectivity index (χ2n) is 10.0. The van der Waals surface area contributed by atoms with Crippen LogP contribution < -0.4 is 4.74 Å². The Hall–Kier alpha value is -2.82. The molecule has 2 amide bonds. The lowest BCUT2D eigenvalue weighted by molar-refractivity contribution is 0.0266. The molecule has 2 aromatic carbocycles. The molecule has 5 nitrogen and oxygen atoms in total. The summed E-state index contributed by atoms with van der Waals surface area (Å²) < 4.78 is 6.65. The Labute approximate surface area is 210 Å². The van der Waals surface area contributed by atoms with Crippen molar-refractivity contribution in [1.29, 1.82) is 0 Å². The summed E-state index contributed by atoms with van der Waals surface area (Å²) in [6, 6.07) is 15.6. The maximum Gasteiger partial charge on any atom is 0.257 e. The summed E-state index contributed by atoms with van der Waals surface area (Å²) in [6.45, 7) is 6.40. The fourth-order valence-corrected chi connectivity index (χ4v) is 5.56. The average molecular weight is 477 g/mol. The summed E-state index contributed by atoms with van der Waals surface area (Å²) in [5.41, 5.74) is 2.43. The molecule has 2 aliphatic rings. The van der Waals surface area contributed by atoms with Gasteiger partial charge in [-0.05, 0) is 69.2 Å². The molecule has 0 saturated heterocycles. The van der Waals surface area contributed by atoms with E-state index in [-0.39, 0.29) is 24.0 Å². The summed E-state index contributed by atoms with van der Waals surface area (Å²) in [5, 5.41) is 0. The molecule has 1 fully saturated rings. The van der Waals surface area contributed by atoms with Crippen LogP contribution in [-0.4, -0.2) is 53.4 Å². The lowest BCUT2D eigenvalue weighted by Crippen LogP contribution is -2.51. The van der Waals surface area contributed by atoms with Crippen molar-refractivity contribution in [3.05, 3.63) is 65.2 Å². The first-order chi connectivity index (χ1) is 17.1. The Morgan fingerprint density at radius 3 is 2.43 bits per heavy atom. The number of aryl methyl sites for hydroxylation is 1. The summed E-state index contributed by atoms with van der Waals surface area (Å²) in [5.74, 6) is 0.810. The van der Waals surface area contributed by atoms with Gasteiger partial charge in [0.25, 0.3) is 11.8 Å². The van der Waals surface area contributed by atoms with Crippen molar-refractivity contribution in [1.82, 2.24) is 9.80 Å². The number of ether oxygens (including phenoxy) is 1. The van der Waals surface area contributed by atoms with Gasteiger partial charge in [0.2, 0.25) is 0 Å². The van der Waals surface area contributed by atoms with Crippen LogP contribution in [0.3, 0.4) is 0 Å². The number of rotatable bonds is 3. The van der Waals surface area contributed by atoms with Crippen LogP contribution in [0.1, 0.15) is 91.0 Å². The highest BCUT2D eigenvalue weighted by atomic mass is 16.5. The van der Waals surface area contributed by atoms with Gasteiger partial charge in [-0.1, -0.05) is 56.5 Å². The molecule has 1 heterocycles. The van der Waals surface area contributed by atoms with Gasteiger partial charge >= 0.3 is 0 Å². The van der Waals surface area contributed by atoms with Gasteiger partial charge in [0, 0.05) is 25.2 Å². The topological polar surface area (TPSA) is 49.9 Å². The van der Waals surface area contributed by atoms with Gasteiger partial charge in [-0.25, -0.2) is 0 Å². The van der Waals surface area contributed by atoms with Crippen LogP contribution >= 0.6 is 0 Å². The number of hydrogen-bond acceptors (Lipinski definition) is 3. The highest BCUT2D eigenvalue weighted by molar-refractivity contribution is 5.97. The molecule has 0 unspecified atom stereocenters. The molecule has 0 radical (unpaired) electrons. The molecule has 0 bridgehead atoms. The Morgan fingerprint density at radius 2 is 1.63 bits per heavy atom. The van der Waals surface area contributed by atoms with Crippen LogP contribution in [-0.2, 0) is 0 Å². The van der Waals surface area contributed by atoms with Gasteiger partial charge in [-0.2, -0.15) is 0 Å². The van der Waals surface area contributed by atoms with E-state index in [2.05, 4.69) is 11.8 Å². The third-order valence-corrected chi connectivity index (χ3v) is 7.46. The predicted molar refractivity (Wildman–Crippen MR) is 140 cm³/mol. The zero-order chi connectivity index (χ0) is 24.6. The van der Waals surface area contributed by atoms with E-state index in [0.29, 0.717) is 11.3 Å². The molecule has 0 aromatic heterocycles. The van der Waals surface area contributed by atoms with Gasteiger partial charge in [0.05, 0.1) is 11.6 Å². The predicted octanol–water partition coefficient (Wildman–Crippen LogP) is 6.25. The lowest BCUT2D eigenvalue weighted by Gasteiger charge is -2.40. The van der Waals surface area contributed by atoms with Crippen molar-refractivity contribution in [2.45, 2.75) is 83.8 Å². The molecule has 0 N–H and O–H groups in total. The molecular formula is C30H40N2O3. The first kappa shape index (κ1) is 25.3. The molecule has 1 aliphatic carbocycles. The maximum atomic E-state index is 13.8. The number of hydrogen-bond donors (Lipinski definition) is 0. The van der Waals surface area contributed by atoms with Gasteiger partial charge in [-0.3, -0.25) is 9.59 Å². The van der Waals surface area contributed by atoms with Crippen LogP contribution in [0, 0.1) is 6.92 Å². The molecule has 188 valence electrons. The van der Waals surface area contributed by atoms with Crippen LogP contribution in [0.4, 0.5) is 0 Å². The third kappa shape index (κ3) is 6.06. The molecule has 1 aliphatic heterocycles. The van der Waals surface area contributed by atoms with Crippen LogP contribution in [0.2, 0.25) is 0 Å². The molecule has 1 saturated carbocycles. The number of para-hydroxylation sites is 1. The van der Waals surface area contributed by atoms with Crippen LogP contribution in [0.15, 0.2) is 48.5 Å². The highest BCUT2D eigenvalue weighted by Crippen LogP contribution is 2.31. The molecule has 4 rings (SSSR count). The number of benzene rings is 2. The Balaban J connectivity index is 1.68. The summed E-state index contributed by atoms with van der Waals surface area (Å²) in [7, 11) is 0. The Bertz CT molecular complexity index is 1000. The largest absolute Gasteiger partial charge is 0.487 e. The van der Waals surface area contributed by atoms with E-state index in [1.165, 1.54) is 0 Å². The first-order valence-corrected chi connectivity index (χ1v) is 13.5. The number of nitrogens with zero attached hydrogens (tertiary/aromatic N) is 2. The van der Waals surface area contributed by atoms with E-state index in [0.717, 1.165) is 88.5 Å². The second-order valence-corrected chi connectivity index (χ2v) is 10.0. The third-order valence-electron chi connectivity index (χ3n) is 7.46. The first-order valence-electron chi connectivity index (χ1n) is 13.5. The molecule has 5 heteroatoms. The van der Waals surface area contributed by atoms with Gasteiger partial charge in [-0.15, -0.1) is 0 Å². The Kier molecular flexibility index (Phi) is 8.84. The van der Waals surface area contributed by atoms with Crippen molar-refractivity contribution in [2.75, 3.05) is 19.6 Å². The molecule has 2 aromatic rings. The zero-order valence-electron chi connectivity index (χ0n) is 21.4. The van der Waals surface area contributed by atoms with Crippen LogP contribution in [0.5, 0.6) is 5.75 Å². The monoisotopic (exact) mass is 476 g/mol. The molecular weight excluding hydrogens is 436 g/mol. The minimum absolute atomic E-state index is 0.00806. The summed E-state index contributed by atoms with van der Waals surface area (Å²) in [4.78, 5) is 31.4. The SMILES string of the molecule is CCCN1CCCCCCN(C(=O)c2ccccc2C)[C@@H]2CCCC[C@@H]2Oc2ccccc2C1=O. The second kappa shape index (κ2) is 12.2. The van der Waals surface area contributed by atoms with E-state index in [9.17, 15) is 9.59 Å². The zero-order valence-corrected chi connectivity index (χ0v) is 21.4. The van der Waals surface area contributed by atoms with Crippen molar-refractivity contribution < 1.29 is 14.3 Å². The average Bonchev–Trinajstić information content (AvgIpc) is 2.88.